The van der Waals surface area contributed by atoms with Crippen molar-refractivity contribution < 1.29 is 4.74 Å². The van der Waals surface area contributed by atoms with Crippen LogP contribution in [0.1, 0.15) is 30.9 Å². The third-order valence-corrected chi connectivity index (χ3v) is 2.68. The summed E-state index contributed by atoms with van der Waals surface area (Å²) in [7, 11) is 1.62. The lowest BCUT2D eigenvalue weighted by Gasteiger charge is -2.10. The van der Waals surface area contributed by atoms with Gasteiger partial charge in [0.25, 0.3) is 0 Å². The first-order chi connectivity index (χ1) is 6.79. The Labute approximate surface area is 84.3 Å². The molecule has 1 aliphatic rings. The molecule has 0 amide bonds. The Balaban J connectivity index is 1.99. The molecule has 0 radical (unpaired) electrons. The lowest BCUT2D eigenvalue weighted by atomic mass is 10.0. The van der Waals surface area contributed by atoms with Crippen molar-refractivity contribution in [3.63, 3.8) is 0 Å². The zero-order valence-corrected chi connectivity index (χ0v) is 8.44. The van der Waals surface area contributed by atoms with Gasteiger partial charge in [-0.05, 0) is 17.9 Å². The Hall–Kier alpha value is -1.09. The minimum absolute atomic E-state index is 0.140. The van der Waals surface area contributed by atoms with Crippen molar-refractivity contribution in [3.8, 4) is 5.88 Å². The highest BCUT2D eigenvalue weighted by Crippen LogP contribution is 2.36. The van der Waals surface area contributed by atoms with Crippen molar-refractivity contribution >= 4 is 0 Å². The second-order valence-corrected chi connectivity index (χ2v) is 3.92. The molecule has 1 atom stereocenters. The fourth-order valence-corrected chi connectivity index (χ4v) is 1.58. The zero-order chi connectivity index (χ0) is 9.97. The highest BCUT2D eigenvalue weighted by Gasteiger charge is 2.24. The summed E-state index contributed by atoms with van der Waals surface area (Å²) in [5, 5.41) is 0. The van der Waals surface area contributed by atoms with Crippen molar-refractivity contribution in [2.45, 2.75) is 25.3 Å². The quantitative estimate of drug-likeness (QED) is 0.792. The van der Waals surface area contributed by atoms with Gasteiger partial charge in [0.2, 0.25) is 5.88 Å². The summed E-state index contributed by atoms with van der Waals surface area (Å²) in [6.45, 7) is 0. The molecule has 0 unspecified atom stereocenters. The summed E-state index contributed by atoms with van der Waals surface area (Å²) in [5.41, 5.74) is 7.16. The fraction of sp³-hybridized carbons (Fsp3) is 0.545. The van der Waals surface area contributed by atoms with Crippen LogP contribution in [0.15, 0.2) is 18.3 Å². The molecule has 2 N–H and O–H groups in total. The maximum absolute atomic E-state index is 6.05. The third-order valence-electron chi connectivity index (χ3n) is 2.68. The van der Waals surface area contributed by atoms with Crippen molar-refractivity contribution in [2.24, 2.45) is 11.7 Å². The number of rotatable bonds is 4. The molecular weight excluding hydrogens is 176 g/mol. The number of methoxy groups -OCH3 is 1. The summed E-state index contributed by atoms with van der Waals surface area (Å²) in [6.07, 6.45) is 5.59. The Bertz CT molecular complexity index is 293. The van der Waals surface area contributed by atoms with Crippen LogP contribution in [0.4, 0.5) is 0 Å². The largest absolute Gasteiger partial charge is 0.481 e. The van der Waals surface area contributed by atoms with Gasteiger partial charge in [-0.2, -0.15) is 0 Å². The van der Waals surface area contributed by atoms with Crippen LogP contribution in [0.5, 0.6) is 5.88 Å². The summed E-state index contributed by atoms with van der Waals surface area (Å²) in [6, 6.07) is 4.00. The van der Waals surface area contributed by atoms with Crippen LogP contribution in [-0.2, 0) is 0 Å². The molecule has 14 heavy (non-hydrogen) atoms. The Morgan fingerprint density at radius 3 is 2.86 bits per heavy atom. The number of aromatic nitrogens is 1. The van der Waals surface area contributed by atoms with Crippen LogP contribution in [0.3, 0.4) is 0 Å². The fourth-order valence-electron chi connectivity index (χ4n) is 1.58. The molecule has 1 heterocycles. The normalized spacial score (nSPS) is 17.9. The lowest BCUT2D eigenvalue weighted by Crippen LogP contribution is -2.11. The molecule has 0 bridgehead atoms. The maximum Gasteiger partial charge on any atom is 0.212 e. The number of hydrogen-bond acceptors (Lipinski definition) is 3. The van der Waals surface area contributed by atoms with Gasteiger partial charge in [0.1, 0.15) is 0 Å². The molecule has 0 aromatic carbocycles. The first-order valence-electron chi connectivity index (χ1n) is 5.05. The lowest BCUT2D eigenvalue weighted by molar-refractivity contribution is 0.397. The molecule has 0 saturated heterocycles. The minimum atomic E-state index is 0.140. The van der Waals surface area contributed by atoms with Crippen LogP contribution in [-0.4, -0.2) is 12.1 Å². The molecule has 76 valence electrons. The van der Waals surface area contributed by atoms with E-state index in [-0.39, 0.29) is 6.04 Å². The van der Waals surface area contributed by atoms with E-state index in [0.29, 0.717) is 5.88 Å². The minimum Gasteiger partial charge on any atom is -0.481 e. The number of nitrogens with zero attached hydrogens (tertiary/aromatic N) is 1. The summed E-state index contributed by atoms with van der Waals surface area (Å²) in [5.74, 6) is 1.50. The molecule has 2 rings (SSSR count). The molecule has 1 aromatic heterocycles. The standard InChI is InChI=1S/C11H16N2O/c1-14-11-5-4-9(7-13-11)10(12)6-8-2-3-8/h4-5,7-8,10H,2-3,6,12H2,1H3/t10-/m0/s1. The highest BCUT2D eigenvalue weighted by molar-refractivity contribution is 5.20. The average Bonchev–Trinajstić information content (AvgIpc) is 3.02. The van der Waals surface area contributed by atoms with E-state index in [1.54, 1.807) is 7.11 Å². The molecule has 3 nitrogen and oxygen atoms in total. The predicted molar refractivity (Wildman–Crippen MR) is 55.1 cm³/mol. The van der Waals surface area contributed by atoms with E-state index in [1.807, 2.05) is 18.3 Å². The van der Waals surface area contributed by atoms with Gasteiger partial charge in [-0.1, -0.05) is 18.9 Å². The van der Waals surface area contributed by atoms with E-state index in [4.69, 9.17) is 10.5 Å². The second kappa shape index (κ2) is 3.96. The predicted octanol–water partition coefficient (Wildman–Crippen LogP) is 1.89. The van der Waals surface area contributed by atoms with E-state index in [0.717, 1.165) is 17.9 Å². The van der Waals surface area contributed by atoms with Gasteiger partial charge >= 0.3 is 0 Å². The first-order valence-corrected chi connectivity index (χ1v) is 5.05. The number of ether oxygens (including phenoxy) is 1. The van der Waals surface area contributed by atoms with E-state index < -0.39 is 0 Å². The van der Waals surface area contributed by atoms with E-state index in [2.05, 4.69) is 4.98 Å². The number of hydrogen-bond donors (Lipinski definition) is 1. The molecule has 3 heteroatoms. The van der Waals surface area contributed by atoms with Gasteiger partial charge in [0, 0.05) is 18.3 Å². The highest BCUT2D eigenvalue weighted by atomic mass is 16.5. The van der Waals surface area contributed by atoms with Crippen molar-refractivity contribution in [1.82, 2.24) is 4.98 Å². The smallest absolute Gasteiger partial charge is 0.212 e. The molecular formula is C11H16N2O. The van der Waals surface area contributed by atoms with Crippen molar-refractivity contribution in [2.75, 3.05) is 7.11 Å². The zero-order valence-electron chi connectivity index (χ0n) is 8.44. The van der Waals surface area contributed by atoms with Gasteiger partial charge in [-0.3, -0.25) is 0 Å². The first kappa shape index (κ1) is 9.46. The third kappa shape index (κ3) is 2.23. The molecule has 1 aliphatic carbocycles. The van der Waals surface area contributed by atoms with Gasteiger partial charge in [-0.15, -0.1) is 0 Å². The van der Waals surface area contributed by atoms with Crippen molar-refractivity contribution in [1.29, 1.82) is 0 Å². The molecule has 1 aromatic rings. The molecule has 0 spiro atoms. The summed E-state index contributed by atoms with van der Waals surface area (Å²) < 4.78 is 4.99. The Morgan fingerprint density at radius 2 is 2.36 bits per heavy atom. The van der Waals surface area contributed by atoms with Gasteiger partial charge in [0.05, 0.1) is 7.11 Å². The van der Waals surface area contributed by atoms with Gasteiger partial charge in [0.15, 0.2) is 0 Å². The van der Waals surface area contributed by atoms with Crippen LogP contribution in [0.2, 0.25) is 0 Å². The van der Waals surface area contributed by atoms with Crippen LogP contribution in [0, 0.1) is 5.92 Å². The Morgan fingerprint density at radius 1 is 1.57 bits per heavy atom. The molecule has 1 saturated carbocycles. The number of nitrogens with two attached hydrogens (primary N) is 1. The molecule has 1 fully saturated rings. The van der Waals surface area contributed by atoms with Gasteiger partial charge < -0.3 is 10.5 Å². The van der Waals surface area contributed by atoms with Gasteiger partial charge in [-0.25, -0.2) is 4.98 Å². The topological polar surface area (TPSA) is 48.1 Å². The Kier molecular flexibility index (Phi) is 2.68. The maximum atomic E-state index is 6.05. The van der Waals surface area contributed by atoms with Crippen LogP contribution < -0.4 is 10.5 Å². The monoisotopic (exact) mass is 192 g/mol. The van der Waals surface area contributed by atoms with E-state index in [1.165, 1.54) is 12.8 Å². The van der Waals surface area contributed by atoms with E-state index in [9.17, 15) is 0 Å². The average molecular weight is 192 g/mol. The summed E-state index contributed by atoms with van der Waals surface area (Å²) >= 11 is 0. The SMILES string of the molecule is COc1ccc([C@@H](N)CC2CC2)cn1. The van der Waals surface area contributed by atoms with E-state index >= 15 is 0 Å². The number of pyridine rings is 1. The second-order valence-electron chi connectivity index (χ2n) is 3.92. The summed E-state index contributed by atoms with van der Waals surface area (Å²) in [4.78, 5) is 4.14. The van der Waals surface area contributed by atoms with Crippen LogP contribution >= 0.6 is 0 Å². The van der Waals surface area contributed by atoms with Crippen molar-refractivity contribution in [3.05, 3.63) is 23.9 Å². The van der Waals surface area contributed by atoms with Crippen LogP contribution in [0.25, 0.3) is 0 Å². The molecule has 0 aliphatic heterocycles.